The molecule has 2 aromatic carbocycles. The fraction of sp³-hybridized carbons (Fsp3) is 0.0870. The van der Waals surface area contributed by atoms with Gasteiger partial charge in [-0.2, -0.15) is 5.26 Å². The average molecular weight is 467 g/mol. The molecule has 0 aliphatic heterocycles. The molecular weight excluding hydrogens is 451 g/mol. The van der Waals surface area contributed by atoms with Crippen LogP contribution in [0.15, 0.2) is 54.9 Å². The zero-order valence-electron chi connectivity index (χ0n) is 17.0. The van der Waals surface area contributed by atoms with Gasteiger partial charge in [0.05, 0.1) is 41.0 Å². The van der Waals surface area contributed by atoms with E-state index in [9.17, 15) is 5.26 Å². The van der Waals surface area contributed by atoms with Gasteiger partial charge >= 0.3 is 0 Å². The maximum absolute atomic E-state index is 9.68. The molecule has 0 aliphatic carbocycles. The Kier molecular flexibility index (Phi) is 6.17. The smallest absolute Gasteiger partial charge is 0.171 e. The molecule has 7 nitrogen and oxygen atoms in total. The summed E-state index contributed by atoms with van der Waals surface area (Å²) in [5.41, 5.74) is 1.42. The first kappa shape index (κ1) is 21.5. The minimum absolute atomic E-state index is 0.325. The first-order valence-corrected chi connectivity index (χ1v) is 10.1. The average Bonchev–Trinajstić information content (AvgIpc) is 2.80. The molecule has 2 heterocycles. The maximum Gasteiger partial charge on any atom is 0.171 e. The summed E-state index contributed by atoms with van der Waals surface area (Å²) < 4.78 is 16.7. The number of anilines is 2. The third kappa shape index (κ3) is 4.33. The second-order valence-electron chi connectivity index (χ2n) is 6.57. The first-order valence-electron chi connectivity index (χ1n) is 9.33. The molecular formula is C23H16Cl2N4O3. The zero-order valence-corrected chi connectivity index (χ0v) is 18.5. The molecule has 4 rings (SSSR count). The van der Waals surface area contributed by atoms with Crippen molar-refractivity contribution in [1.29, 1.82) is 5.26 Å². The molecule has 0 spiro atoms. The van der Waals surface area contributed by atoms with Gasteiger partial charge in [0.25, 0.3) is 0 Å². The van der Waals surface area contributed by atoms with E-state index in [1.807, 2.05) is 0 Å². The van der Waals surface area contributed by atoms with Gasteiger partial charge < -0.3 is 19.5 Å². The van der Waals surface area contributed by atoms with Gasteiger partial charge in [0.15, 0.2) is 11.5 Å². The zero-order chi connectivity index (χ0) is 22.7. The van der Waals surface area contributed by atoms with E-state index in [1.165, 1.54) is 7.11 Å². The summed E-state index contributed by atoms with van der Waals surface area (Å²) in [6, 6.07) is 14.0. The largest absolute Gasteiger partial charge is 0.495 e. The second-order valence-corrected chi connectivity index (χ2v) is 7.38. The van der Waals surface area contributed by atoms with Crippen molar-refractivity contribution in [1.82, 2.24) is 9.97 Å². The Labute approximate surface area is 194 Å². The number of ether oxygens (including phenoxy) is 3. The van der Waals surface area contributed by atoms with Crippen LogP contribution in [0.2, 0.25) is 10.0 Å². The van der Waals surface area contributed by atoms with Crippen molar-refractivity contribution in [2.24, 2.45) is 0 Å². The lowest BCUT2D eigenvalue weighted by molar-refractivity contribution is 0.379. The van der Waals surface area contributed by atoms with Crippen molar-refractivity contribution in [2.45, 2.75) is 0 Å². The van der Waals surface area contributed by atoms with Crippen LogP contribution in [0.4, 0.5) is 11.5 Å². The Bertz CT molecular complexity index is 1340. The SMILES string of the molecule is COc1cc(Nc2nc3cc(Oc4ccncc4)c(OC)cc3cc2C#N)c(Cl)cc1Cl. The Morgan fingerprint density at radius 1 is 0.906 bits per heavy atom. The standard InChI is InChI=1S/C23H16Cl2N4O3/c1-30-20-11-19(16(24)9-17(20)25)29-23-14(12-26)7-13-8-21(31-2)22(10-18(13)28-23)32-15-3-5-27-6-4-15/h3-11H,1-2H3,(H,28,29). The van der Waals surface area contributed by atoms with Crippen molar-refractivity contribution >= 4 is 45.6 Å². The number of fused-ring (bicyclic) bond motifs is 1. The second kappa shape index (κ2) is 9.18. The molecule has 1 N–H and O–H groups in total. The normalized spacial score (nSPS) is 10.5. The van der Waals surface area contributed by atoms with Gasteiger partial charge in [0, 0.05) is 29.9 Å². The van der Waals surface area contributed by atoms with Gasteiger partial charge in [0.2, 0.25) is 0 Å². The van der Waals surface area contributed by atoms with Crippen LogP contribution >= 0.6 is 23.2 Å². The number of aromatic nitrogens is 2. The summed E-state index contributed by atoms with van der Waals surface area (Å²) in [4.78, 5) is 8.61. The number of hydrogen-bond acceptors (Lipinski definition) is 7. The number of hydrogen-bond donors (Lipinski definition) is 1. The van der Waals surface area contributed by atoms with Crippen LogP contribution in [0, 0.1) is 11.3 Å². The number of halogens is 2. The van der Waals surface area contributed by atoms with E-state index in [1.54, 1.807) is 62.0 Å². The highest BCUT2D eigenvalue weighted by Crippen LogP contribution is 2.38. The van der Waals surface area contributed by atoms with Crippen molar-refractivity contribution in [3.05, 3.63) is 70.5 Å². The number of rotatable bonds is 6. The minimum Gasteiger partial charge on any atom is -0.495 e. The number of pyridine rings is 2. The molecule has 0 saturated carbocycles. The van der Waals surface area contributed by atoms with Gasteiger partial charge in [-0.3, -0.25) is 4.98 Å². The predicted molar refractivity (Wildman–Crippen MR) is 124 cm³/mol. The molecule has 0 aliphatic rings. The van der Waals surface area contributed by atoms with Gasteiger partial charge in [-0.15, -0.1) is 0 Å². The van der Waals surface area contributed by atoms with Crippen molar-refractivity contribution in [2.75, 3.05) is 19.5 Å². The van der Waals surface area contributed by atoms with Crippen molar-refractivity contribution in [3.8, 4) is 29.1 Å². The van der Waals surface area contributed by atoms with Crippen molar-refractivity contribution < 1.29 is 14.2 Å². The molecule has 0 atom stereocenters. The van der Waals surface area contributed by atoms with E-state index in [2.05, 4.69) is 21.4 Å². The summed E-state index contributed by atoms with van der Waals surface area (Å²) in [5, 5.41) is 14.2. The van der Waals surface area contributed by atoms with Gasteiger partial charge in [-0.25, -0.2) is 4.98 Å². The topological polar surface area (TPSA) is 89.3 Å². The summed E-state index contributed by atoms with van der Waals surface area (Å²) in [7, 11) is 3.05. The van der Waals surface area contributed by atoms with Gasteiger partial charge in [0.1, 0.15) is 23.4 Å². The number of benzene rings is 2. The molecule has 32 heavy (non-hydrogen) atoms. The molecule has 0 bridgehead atoms. The van der Waals surface area contributed by atoms with E-state index < -0.39 is 0 Å². The fourth-order valence-corrected chi connectivity index (χ4v) is 3.55. The summed E-state index contributed by atoms with van der Waals surface area (Å²) in [6.07, 6.45) is 3.26. The molecule has 2 aromatic heterocycles. The monoisotopic (exact) mass is 466 g/mol. The van der Waals surface area contributed by atoms with Crippen LogP contribution in [0.25, 0.3) is 10.9 Å². The van der Waals surface area contributed by atoms with Crippen molar-refractivity contribution in [3.63, 3.8) is 0 Å². The summed E-state index contributed by atoms with van der Waals surface area (Å²) >= 11 is 12.4. The Balaban J connectivity index is 1.79. The Morgan fingerprint density at radius 2 is 1.66 bits per heavy atom. The lowest BCUT2D eigenvalue weighted by Crippen LogP contribution is -2.00. The maximum atomic E-state index is 9.68. The quantitative estimate of drug-likeness (QED) is 0.353. The third-order valence-electron chi connectivity index (χ3n) is 4.59. The Hall–Kier alpha value is -3.73. The lowest BCUT2D eigenvalue weighted by Gasteiger charge is -2.14. The van der Waals surface area contributed by atoms with Crippen LogP contribution in [0.3, 0.4) is 0 Å². The molecule has 4 aromatic rings. The van der Waals surface area contributed by atoms with E-state index in [0.29, 0.717) is 61.0 Å². The summed E-state index contributed by atoms with van der Waals surface area (Å²) in [5.74, 6) is 2.35. The van der Waals surface area contributed by atoms with Crippen LogP contribution in [0.5, 0.6) is 23.0 Å². The predicted octanol–water partition coefficient (Wildman–Crippen LogP) is 6.36. The van der Waals surface area contributed by atoms with Crippen LogP contribution in [-0.2, 0) is 0 Å². The van der Waals surface area contributed by atoms with Crippen LogP contribution in [-0.4, -0.2) is 24.2 Å². The molecule has 9 heteroatoms. The van der Waals surface area contributed by atoms with E-state index in [4.69, 9.17) is 37.4 Å². The number of methoxy groups -OCH3 is 2. The first-order chi connectivity index (χ1) is 15.5. The number of nitriles is 1. The van der Waals surface area contributed by atoms with E-state index in [-0.39, 0.29) is 0 Å². The van der Waals surface area contributed by atoms with Crippen LogP contribution in [0.1, 0.15) is 5.56 Å². The number of nitrogens with one attached hydrogen (secondary N) is 1. The lowest BCUT2D eigenvalue weighted by atomic mass is 10.1. The molecule has 0 radical (unpaired) electrons. The number of nitrogens with zero attached hydrogens (tertiary/aromatic N) is 3. The van der Waals surface area contributed by atoms with E-state index in [0.717, 1.165) is 0 Å². The third-order valence-corrected chi connectivity index (χ3v) is 5.20. The summed E-state index contributed by atoms with van der Waals surface area (Å²) in [6.45, 7) is 0. The molecule has 160 valence electrons. The highest BCUT2D eigenvalue weighted by atomic mass is 35.5. The molecule has 0 unspecified atom stereocenters. The van der Waals surface area contributed by atoms with E-state index >= 15 is 0 Å². The minimum atomic E-state index is 0.325. The highest BCUT2D eigenvalue weighted by molar-refractivity contribution is 6.37. The van der Waals surface area contributed by atoms with Crippen LogP contribution < -0.4 is 19.5 Å². The molecule has 0 amide bonds. The molecule has 0 fully saturated rings. The fourth-order valence-electron chi connectivity index (χ4n) is 3.04. The van der Waals surface area contributed by atoms with Gasteiger partial charge in [-0.05, 0) is 30.3 Å². The highest BCUT2D eigenvalue weighted by Gasteiger charge is 2.15. The molecule has 0 saturated heterocycles. The van der Waals surface area contributed by atoms with Gasteiger partial charge in [-0.1, -0.05) is 23.2 Å². The Morgan fingerprint density at radius 3 is 2.34 bits per heavy atom.